The second-order valence-corrected chi connectivity index (χ2v) is 9.61. The fraction of sp³-hybridized carbons (Fsp3) is 0.481. The number of hydroxylamine groups is 1. The number of para-hydroxylation sites is 1. The van der Waals surface area contributed by atoms with Gasteiger partial charge in [0.15, 0.2) is 0 Å². The van der Waals surface area contributed by atoms with E-state index < -0.39 is 0 Å². The maximum absolute atomic E-state index is 12.7. The fourth-order valence-electron chi connectivity index (χ4n) is 4.83. The SMILES string of the molecule is CC(=O)N1CCC(C(=O)Nc2cc(CNc3ccccc3C(=O)NOCC3CCCC3)ccn2)CC1. The molecule has 0 bridgehead atoms. The first-order chi connectivity index (χ1) is 17.5. The van der Waals surface area contributed by atoms with Crippen LogP contribution in [0.15, 0.2) is 42.6 Å². The zero-order valence-electron chi connectivity index (χ0n) is 20.8. The predicted molar refractivity (Wildman–Crippen MR) is 137 cm³/mol. The molecule has 2 heterocycles. The molecule has 0 unspecified atom stereocenters. The van der Waals surface area contributed by atoms with Crippen molar-refractivity contribution in [3.05, 3.63) is 53.7 Å². The predicted octanol–water partition coefficient (Wildman–Crippen LogP) is 3.74. The first-order valence-electron chi connectivity index (χ1n) is 12.8. The third kappa shape index (κ3) is 7.04. The van der Waals surface area contributed by atoms with Gasteiger partial charge in [-0.15, -0.1) is 0 Å². The van der Waals surface area contributed by atoms with E-state index in [1.54, 1.807) is 24.1 Å². The Morgan fingerprint density at radius 1 is 1.06 bits per heavy atom. The van der Waals surface area contributed by atoms with Gasteiger partial charge in [0, 0.05) is 44.4 Å². The number of nitrogens with zero attached hydrogens (tertiary/aromatic N) is 2. The van der Waals surface area contributed by atoms with Crippen LogP contribution < -0.4 is 16.1 Å². The molecule has 4 rings (SSSR count). The molecule has 2 aliphatic rings. The minimum atomic E-state index is -0.283. The summed E-state index contributed by atoms with van der Waals surface area (Å²) < 4.78 is 0. The van der Waals surface area contributed by atoms with Gasteiger partial charge in [0.05, 0.1) is 12.2 Å². The second kappa shape index (κ2) is 12.5. The lowest BCUT2D eigenvalue weighted by Gasteiger charge is -2.30. The number of amides is 3. The fourth-order valence-corrected chi connectivity index (χ4v) is 4.83. The topological polar surface area (TPSA) is 113 Å². The Hall–Kier alpha value is -3.46. The summed E-state index contributed by atoms with van der Waals surface area (Å²) in [6.07, 6.45) is 7.72. The minimum absolute atomic E-state index is 0.0476. The molecule has 0 radical (unpaired) electrons. The van der Waals surface area contributed by atoms with E-state index in [2.05, 4.69) is 21.1 Å². The van der Waals surface area contributed by atoms with Crippen molar-refractivity contribution in [2.24, 2.45) is 11.8 Å². The molecule has 2 aromatic rings. The first kappa shape index (κ1) is 25.6. The number of hydrogen-bond acceptors (Lipinski definition) is 6. The van der Waals surface area contributed by atoms with Crippen LogP contribution in [0.1, 0.15) is 61.4 Å². The van der Waals surface area contributed by atoms with E-state index in [0.717, 1.165) is 18.4 Å². The summed E-state index contributed by atoms with van der Waals surface area (Å²) in [4.78, 5) is 48.4. The van der Waals surface area contributed by atoms with Gasteiger partial charge in [0.25, 0.3) is 5.91 Å². The van der Waals surface area contributed by atoms with E-state index in [0.29, 0.717) is 62.1 Å². The summed E-state index contributed by atoms with van der Waals surface area (Å²) in [6, 6.07) is 11.0. The number of carbonyl (C=O) groups excluding carboxylic acids is 3. The van der Waals surface area contributed by atoms with Crippen LogP contribution in [0.25, 0.3) is 0 Å². The van der Waals surface area contributed by atoms with Gasteiger partial charge in [-0.3, -0.25) is 19.2 Å². The van der Waals surface area contributed by atoms with E-state index in [9.17, 15) is 14.4 Å². The number of rotatable bonds is 9. The van der Waals surface area contributed by atoms with E-state index >= 15 is 0 Å². The Labute approximate surface area is 211 Å². The zero-order valence-corrected chi connectivity index (χ0v) is 20.8. The molecule has 3 N–H and O–H groups in total. The van der Waals surface area contributed by atoms with E-state index in [1.807, 2.05) is 30.3 Å². The lowest BCUT2D eigenvalue weighted by molar-refractivity contribution is -0.132. The summed E-state index contributed by atoms with van der Waals surface area (Å²) in [6.45, 7) is 3.75. The largest absolute Gasteiger partial charge is 0.380 e. The van der Waals surface area contributed by atoms with Crippen LogP contribution in [0.4, 0.5) is 11.5 Å². The van der Waals surface area contributed by atoms with Crippen LogP contribution in [0.2, 0.25) is 0 Å². The Kier molecular flexibility index (Phi) is 8.89. The average Bonchev–Trinajstić information content (AvgIpc) is 3.41. The van der Waals surface area contributed by atoms with E-state index in [-0.39, 0.29) is 23.6 Å². The molecule has 1 saturated heterocycles. The lowest BCUT2D eigenvalue weighted by atomic mass is 9.96. The van der Waals surface area contributed by atoms with Crippen molar-refractivity contribution in [2.75, 3.05) is 30.3 Å². The molecule has 1 saturated carbocycles. The molecule has 0 spiro atoms. The van der Waals surface area contributed by atoms with Gasteiger partial charge in [-0.2, -0.15) is 0 Å². The van der Waals surface area contributed by atoms with E-state index in [1.165, 1.54) is 12.8 Å². The number of nitrogens with one attached hydrogen (secondary N) is 3. The summed E-state index contributed by atoms with van der Waals surface area (Å²) in [7, 11) is 0. The Bertz CT molecular complexity index is 1060. The molecule has 1 aliphatic carbocycles. The van der Waals surface area contributed by atoms with Gasteiger partial charge in [0.2, 0.25) is 11.8 Å². The van der Waals surface area contributed by atoms with Crippen LogP contribution in [0.5, 0.6) is 0 Å². The van der Waals surface area contributed by atoms with Crippen molar-refractivity contribution in [2.45, 2.75) is 52.0 Å². The maximum Gasteiger partial charge on any atom is 0.276 e. The second-order valence-electron chi connectivity index (χ2n) is 9.61. The summed E-state index contributed by atoms with van der Waals surface area (Å²) in [5.74, 6) is 0.565. The third-order valence-electron chi connectivity index (χ3n) is 7.00. The van der Waals surface area contributed by atoms with Crippen LogP contribution in [-0.4, -0.2) is 47.3 Å². The summed E-state index contributed by atoms with van der Waals surface area (Å²) in [5, 5.41) is 6.22. The van der Waals surface area contributed by atoms with Crippen LogP contribution in [0.3, 0.4) is 0 Å². The summed E-state index contributed by atoms with van der Waals surface area (Å²) >= 11 is 0. The standard InChI is InChI=1S/C27H35N5O4/c1-19(33)32-14-11-22(12-15-32)26(34)30-25-16-21(10-13-28-25)17-29-24-9-5-4-8-23(24)27(35)31-36-18-20-6-2-3-7-20/h4-5,8-10,13,16,20,22,29H,2-3,6-7,11-12,14-15,17-18H2,1H3,(H,31,35)(H,28,30,34). The molecule has 192 valence electrons. The number of aromatic nitrogens is 1. The molecule has 1 aliphatic heterocycles. The normalized spacial score (nSPS) is 16.5. The highest BCUT2D eigenvalue weighted by Crippen LogP contribution is 2.24. The van der Waals surface area contributed by atoms with Gasteiger partial charge in [-0.05, 0) is 61.4 Å². The molecule has 2 fully saturated rings. The molecule has 9 heteroatoms. The Balaban J connectivity index is 1.29. The number of hydrogen-bond donors (Lipinski definition) is 3. The number of benzene rings is 1. The highest BCUT2D eigenvalue weighted by Gasteiger charge is 2.26. The molecule has 1 aromatic carbocycles. The molecule has 1 aromatic heterocycles. The molecular weight excluding hydrogens is 458 g/mol. The van der Waals surface area contributed by atoms with Crippen LogP contribution in [0, 0.1) is 11.8 Å². The van der Waals surface area contributed by atoms with Gasteiger partial charge in [0.1, 0.15) is 5.82 Å². The number of anilines is 2. The molecule has 0 atom stereocenters. The maximum atomic E-state index is 12.7. The quantitative estimate of drug-likeness (QED) is 0.459. The van der Waals surface area contributed by atoms with Crippen molar-refractivity contribution < 1.29 is 19.2 Å². The van der Waals surface area contributed by atoms with Crippen LogP contribution >= 0.6 is 0 Å². The van der Waals surface area contributed by atoms with Gasteiger partial charge in [-0.1, -0.05) is 25.0 Å². The Morgan fingerprint density at radius 2 is 1.81 bits per heavy atom. The monoisotopic (exact) mass is 493 g/mol. The lowest BCUT2D eigenvalue weighted by Crippen LogP contribution is -2.40. The highest BCUT2D eigenvalue weighted by molar-refractivity contribution is 5.99. The summed E-state index contributed by atoms with van der Waals surface area (Å²) in [5.41, 5.74) is 4.69. The van der Waals surface area contributed by atoms with Crippen molar-refractivity contribution in [3.8, 4) is 0 Å². The number of likely N-dealkylation sites (tertiary alicyclic amines) is 1. The zero-order chi connectivity index (χ0) is 25.3. The molecular formula is C27H35N5O4. The molecule has 3 amide bonds. The Morgan fingerprint density at radius 3 is 2.56 bits per heavy atom. The van der Waals surface area contributed by atoms with Crippen molar-refractivity contribution in [1.29, 1.82) is 0 Å². The van der Waals surface area contributed by atoms with Crippen molar-refractivity contribution >= 4 is 29.2 Å². The average molecular weight is 494 g/mol. The van der Waals surface area contributed by atoms with Crippen molar-refractivity contribution in [1.82, 2.24) is 15.4 Å². The van der Waals surface area contributed by atoms with Gasteiger partial charge in [-0.25, -0.2) is 10.5 Å². The first-order valence-corrected chi connectivity index (χ1v) is 12.8. The minimum Gasteiger partial charge on any atom is -0.380 e. The van der Waals surface area contributed by atoms with Crippen molar-refractivity contribution in [3.63, 3.8) is 0 Å². The number of carbonyl (C=O) groups is 3. The highest BCUT2D eigenvalue weighted by atomic mass is 16.6. The smallest absolute Gasteiger partial charge is 0.276 e. The molecule has 9 nitrogen and oxygen atoms in total. The molecule has 36 heavy (non-hydrogen) atoms. The van der Waals surface area contributed by atoms with Crippen LogP contribution in [-0.2, 0) is 21.0 Å². The van der Waals surface area contributed by atoms with Gasteiger partial charge >= 0.3 is 0 Å². The van der Waals surface area contributed by atoms with E-state index in [4.69, 9.17) is 4.84 Å². The van der Waals surface area contributed by atoms with Gasteiger partial charge < -0.3 is 15.5 Å². The number of piperidine rings is 1. The third-order valence-corrected chi connectivity index (χ3v) is 7.00. The number of pyridine rings is 1.